The first kappa shape index (κ1) is 14.6. The fourth-order valence-corrected chi connectivity index (χ4v) is 3.74. The lowest BCUT2D eigenvalue weighted by molar-refractivity contribution is 0.266. The van der Waals surface area contributed by atoms with E-state index in [0.29, 0.717) is 12.1 Å². The van der Waals surface area contributed by atoms with Crippen molar-refractivity contribution < 1.29 is 0 Å². The van der Waals surface area contributed by atoms with Crippen LogP contribution in [-0.2, 0) is 0 Å². The molecule has 112 valence electrons. The van der Waals surface area contributed by atoms with Crippen LogP contribution in [0.1, 0.15) is 57.6 Å². The van der Waals surface area contributed by atoms with Gasteiger partial charge in [-0.2, -0.15) is 0 Å². The molecule has 3 rings (SSSR count). The third-order valence-corrected chi connectivity index (χ3v) is 5.12. The van der Waals surface area contributed by atoms with Gasteiger partial charge >= 0.3 is 0 Å². The highest BCUT2D eigenvalue weighted by Crippen LogP contribution is 2.28. The topological polar surface area (TPSA) is 12.0 Å². The molecular formula is C20H27N. The van der Waals surface area contributed by atoms with E-state index in [1.165, 1.54) is 48.4 Å². The average molecular weight is 281 g/mol. The van der Waals surface area contributed by atoms with Gasteiger partial charge in [0, 0.05) is 12.1 Å². The molecular weight excluding hydrogens is 254 g/mol. The zero-order valence-corrected chi connectivity index (χ0v) is 13.3. The average Bonchev–Trinajstić information content (AvgIpc) is 2.54. The fraction of sp³-hybridized carbons (Fsp3) is 0.500. The monoisotopic (exact) mass is 281 g/mol. The number of rotatable bonds is 4. The Morgan fingerprint density at radius 2 is 1.90 bits per heavy atom. The molecule has 3 atom stereocenters. The van der Waals surface area contributed by atoms with Gasteiger partial charge in [-0.3, -0.25) is 0 Å². The van der Waals surface area contributed by atoms with E-state index in [1.54, 1.807) is 0 Å². The SMILES string of the molecule is CCC1CCCC(NC(C)c2ccc3ccccc3c2)C1. The standard InChI is InChI=1S/C20H27N/c1-3-16-7-6-10-20(13-16)21-15(2)18-12-11-17-8-4-5-9-19(17)14-18/h4-5,8-9,11-12,14-16,20-21H,3,6-7,10,13H2,1-2H3. The van der Waals surface area contributed by atoms with Gasteiger partial charge in [0.15, 0.2) is 0 Å². The largest absolute Gasteiger partial charge is 0.307 e. The van der Waals surface area contributed by atoms with Gasteiger partial charge < -0.3 is 5.32 Å². The van der Waals surface area contributed by atoms with E-state index < -0.39 is 0 Å². The van der Waals surface area contributed by atoms with Crippen LogP contribution >= 0.6 is 0 Å². The fourth-order valence-electron chi connectivity index (χ4n) is 3.74. The summed E-state index contributed by atoms with van der Waals surface area (Å²) in [5.74, 6) is 0.931. The van der Waals surface area contributed by atoms with Crippen LogP contribution in [0.3, 0.4) is 0 Å². The lowest BCUT2D eigenvalue weighted by Crippen LogP contribution is -2.35. The molecule has 1 aliphatic carbocycles. The molecule has 2 aromatic rings. The Hall–Kier alpha value is -1.34. The summed E-state index contributed by atoms with van der Waals surface area (Å²) in [5, 5.41) is 6.54. The molecule has 1 saturated carbocycles. The lowest BCUT2D eigenvalue weighted by Gasteiger charge is -2.31. The van der Waals surface area contributed by atoms with Gasteiger partial charge in [0.25, 0.3) is 0 Å². The second-order valence-electron chi connectivity index (χ2n) is 6.63. The molecule has 0 aromatic heterocycles. The maximum atomic E-state index is 3.86. The quantitative estimate of drug-likeness (QED) is 0.784. The molecule has 1 nitrogen and oxygen atoms in total. The normalized spacial score (nSPS) is 24.1. The minimum atomic E-state index is 0.440. The van der Waals surface area contributed by atoms with Crippen molar-refractivity contribution in [2.75, 3.05) is 0 Å². The van der Waals surface area contributed by atoms with Gasteiger partial charge in [-0.05, 0) is 48.1 Å². The second-order valence-corrected chi connectivity index (χ2v) is 6.63. The molecule has 1 N–H and O–H groups in total. The highest BCUT2D eigenvalue weighted by Gasteiger charge is 2.22. The Bertz CT molecular complexity index is 589. The van der Waals surface area contributed by atoms with Gasteiger partial charge in [-0.25, -0.2) is 0 Å². The third-order valence-electron chi connectivity index (χ3n) is 5.12. The van der Waals surface area contributed by atoms with E-state index in [9.17, 15) is 0 Å². The summed E-state index contributed by atoms with van der Waals surface area (Å²) in [7, 11) is 0. The Kier molecular flexibility index (Phi) is 4.60. The molecule has 21 heavy (non-hydrogen) atoms. The number of hydrogen-bond donors (Lipinski definition) is 1. The van der Waals surface area contributed by atoms with Crippen LogP contribution in [0.4, 0.5) is 0 Å². The molecule has 0 heterocycles. The number of benzene rings is 2. The Morgan fingerprint density at radius 1 is 1.10 bits per heavy atom. The van der Waals surface area contributed by atoms with Crippen molar-refractivity contribution in [2.45, 2.75) is 58.0 Å². The summed E-state index contributed by atoms with van der Waals surface area (Å²) in [6.45, 7) is 4.64. The van der Waals surface area contributed by atoms with Crippen LogP contribution < -0.4 is 5.32 Å². The summed E-state index contributed by atoms with van der Waals surface area (Å²) in [5.41, 5.74) is 1.41. The van der Waals surface area contributed by atoms with Gasteiger partial charge in [-0.15, -0.1) is 0 Å². The van der Waals surface area contributed by atoms with Gasteiger partial charge in [-0.1, -0.05) is 62.6 Å². The maximum Gasteiger partial charge on any atom is 0.0294 e. The van der Waals surface area contributed by atoms with Gasteiger partial charge in [0.05, 0.1) is 0 Å². The Morgan fingerprint density at radius 3 is 2.71 bits per heavy atom. The van der Waals surface area contributed by atoms with E-state index in [0.717, 1.165) is 5.92 Å². The number of nitrogens with one attached hydrogen (secondary N) is 1. The first-order valence-corrected chi connectivity index (χ1v) is 8.51. The van der Waals surface area contributed by atoms with Crippen LogP contribution in [0.15, 0.2) is 42.5 Å². The smallest absolute Gasteiger partial charge is 0.0294 e. The van der Waals surface area contributed by atoms with Crippen LogP contribution in [-0.4, -0.2) is 6.04 Å². The van der Waals surface area contributed by atoms with Crippen molar-refractivity contribution in [3.8, 4) is 0 Å². The molecule has 0 aliphatic heterocycles. The summed E-state index contributed by atoms with van der Waals surface area (Å²) in [6, 6.07) is 16.6. The molecule has 1 heteroatoms. The van der Waals surface area contributed by atoms with Crippen LogP contribution in [0.25, 0.3) is 10.8 Å². The molecule has 0 spiro atoms. The second kappa shape index (κ2) is 6.62. The first-order chi connectivity index (χ1) is 10.3. The molecule has 2 aromatic carbocycles. The van der Waals surface area contributed by atoms with Gasteiger partial charge in [0.1, 0.15) is 0 Å². The van der Waals surface area contributed by atoms with E-state index in [1.807, 2.05) is 0 Å². The molecule has 1 fully saturated rings. The molecule has 1 aliphatic rings. The minimum absolute atomic E-state index is 0.440. The lowest BCUT2D eigenvalue weighted by atomic mass is 9.84. The number of fused-ring (bicyclic) bond motifs is 1. The van der Waals surface area contributed by atoms with Crippen molar-refractivity contribution >= 4 is 10.8 Å². The Labute approximate surface area is 128 Å². The molecule has 0 bridgehead atoms. The van der Waals surface area contributed by atoms with Crippen molar-refractivity contribution in [2.24, 2.45) is 5.92 Å². The third kappa shape index (κ3) is 3.47. The van der Waals surface area contributed by atoms with Crippen LogP contribution in [0.2, 0.25) is 0 Å². The maximum absolute atomic E-state index is 3.86. The summed E-state index contributed by atoms with van der Waals surface area (Å²) in [4.78, 5) is 0. The van der Waals surface area contributed by atoms with Crippen molar-refractivity contribution in [3.05, 3.63) is 48.0 Å². The Balaban J connectivity index is 1.70. The van der Waals surface area contributed by atoms with Gasteiger partial charge in [0.2, 0.25) is 0 Å². The zero-order chi connectivity index (χ0) is 14.7. The molecule has 3 unspecified atom stereocenters. The minimum Gasteiger partial charge on any atom is -0.307 e. The highest BCUT2D eigenvalue weighted by molar-refractivity contribution is 5.83. The van der Waals surface area contributed by atoms with E-state index in [4.69, 9.17) is 0 Å². The predicted molar refractivity (Wildman–Crippen MR) is 91.5 cm³/mol. The first-order valence-electron chi connectivity index (χ1n) is 8.51. The van der Waals surface area contributed by atoms with E-state index in [-0.39, 0.29) is 0 Å². The van der Waals surface area contributed by atoms with Crippen molar-refractivity contribution in [1.82, 2.24) is 5.32 Å². The highest BCUT2D eigenvalue weighted by atomic mass is 14.9. The summed E-state index contributed by atoms with van der Waals surface area (Å²) >= 11 is 0. The molecule has 0 amide bonds. The van der Waals surface area contributed by atoms with E-state index >= 15 is 0 Å². The van der Waals surface area contributed by atoms with Crippen molar-refractivity contribution in [1.29, 1.82) is 0 Å². The zero-order valence-electron chi connectivity index (χ0n) is 13.3. The molecule has 0 radical (unpaired) electrons. The summed E-state index contributed by atoms with van der Waals surface area (Å²) in [6.07, 6.45) is 6.85. The number of hydrogen-bond acceptors (Lipinski definition) is 1. The van der Waals surface area contributed by atoms with Crippen molar-refractivity contribution in [3.63, 3.8) is 0 Å². The molecule has 0 saturated heterocycles. The van der Waals surface area contributed by atoms with Crippen LogP contribution in [0, 0.1) is 5.92 Å². The predicted octanol–water partition coefficient (Wildman–Crippen LogP) is 5.46. The summed E-state index contributed by atoms with van der Waals surface area (Å²) < 4.78 is 0. The van der Waals surface area contributed by atoms with Crippen LogP contribution in [0.5, 0.6) is 0 Å². The van der Waals surface area contributed by atoms with E-state index in [2.05, 4.69) is 61.6 Å².